The third-order valence-corrected chi connectivity index (χ3v) is 4.13. The summed E-state index contributed by atoms with van der Waals surface area (Å²) < 4.78 is 1.06. The van der Waals surface area contributed by atoms with Crippen molar-refractivity contribution in [3.05, 3.63) is 28.5 Å². The van der Waals surface area contributed by atoms with Gasteiger partial charge in [0.25, 0.3) is 0 Å². The summed E-state index contributed by atoms with van der Waals surface area (Å²) in [5, 5.41) is 3.69. The van der Waals surface area contributed by atoms with Gasteiger partial charge in [0.1, 0.15) is 0 Å². The Morgan fingerprint density at radius 1 is 1.33 bits per heavy atom. The van der Waals surface area contributed by atoms with E-state index in [-0.39, 0.29) is 0 Å². The average Bonchev–Trinajstić information content (AvgIpc) is 2.34. The second kappa shape index (κ2) is 7.25. The molecular formula is C15H25BrN2. The van der Waals surface area contributed by atoms with Gasteiger partial charge in [0, 0.05) is 22.9 Å². The SMILES string of the molecule is CCCNC(Cc1cncc(Br)c1)C(C)(C)CC. The molecule has 0 spiro atoms. The molecule has 102 valence electrons. The third kappa shape index (κ3) is 4.69. The summed E-state index contributed by atoms with van der Waals surface area (Å²) in [4.78, 5) is 4.25. The van der Waals surface area contributed by atoms with Crippen LogP contribution in [-0.2, 0) is 6.42 Å². The average molecular weight is 313 g/mol. The quantitative estimate of drug-likeness (QED) is 0.816. The molecule has 0 aliphatic heterocycles. The lowest BCUT2D eigenvalue weighted by Crippen LogP contribution is -2.43. The Kier molecular flexibility index (Phi) is 6.30. The van der Waals surface area contributed by atoms with E-state index < -0.39 is 0 Å². The lowest BCUT2D eigenvalue weighted by atomic mass is 9.79. The van der Waals surface area contributed by atoms with E-state index in [2.05, 4.69) is 60.0 Å². The Hall–Kier alpha value is -0.410. The molecule has 0 saturated heterocycles. The first kappa shape index (κ1) is 15.6. The molecule has 0 aromatic carbocycles. The smallest absolute Gasteiger partial charge is 0.0410 e. The van der Waals surface area contributed by atoms with Gasteiger partial charge in [-0.1, -0.05) is 27.7 Å². The van der Waals surface area contributed by atoms with Crippen LogP contribution in [0.25, 0.3) is 0 Å². The van der Waals surface area contributed by atoms with Crippen LogP contribution in [0.3, 0.4) is 0 Å². The van der Waals surface area contributed by atoms with E-state index in [1.54, 1.807) is 0 Å². The monoisotopic (exact) mass is 312 g/mol. The molecule has 0 bridgehead atoms. The van der Waals surface area contributed by atoms with Crippen LogP contribution in [0.5, 0.6) is 0 Å². The summed E-state index contributed by atoms with van der Waals surface area (Å²) >= 11 is 3.49. The molecule has 0 saturated carbocycles. The summed E-state index contributed by atoms with van der Waals surface area (Å²) in [6, 6.07) is 2.66. The van der Waals surface area contributed by atoms with Gasteiger partial charge in [0.05, 0.1) is 0 Å². The van der Waals surface area contributed by atoms with Gasteiger partial charge in [0.15, 0.2) is 0 Å². The van der Waals surface area contributed by atoms with E-state index in [9.17, 15) is 0 Å². The Morgan fingerprint density at radius 3 is 2.61 bits per heavy atom. The van der Waals surface area contributed by atoms with Crippen molar-refractivity contribution >= 4 is 15.9 Å². The molecular weight excluding hydrogens is 288 g/mol. The maximum Gasteiger partial charge on any atom is 0.0410 e. The van der Waals surface area contributed by atoms with E-state index in [0.717, 1.165) is 17.4 Å². The third-order valence-electron chi connectivity index (χ3n) is 3.70. The highest BCUT2D eigenvalue weighted by atomic mass is 79.9. The van der Waals surface area contributed by atoms with Crippen molar-refractivity contribution in [1.82, 2.24) is 10.3 Å². The predicted octanol–water partition coefficient (Wildman–Crippen LogP) is 4.19. The van der Waals surface area contributed by atoms with Crippen molar-refractivity contribution in [2.45, 2.75) is 53.0 Å². The van der Waals surface area contributed by atoms with Crippen molar-refractivity contribution < 1.29 is 0 Å². The predicted molar refractivity (Wildman–Crippen MR) is 81.8 cm³/mol. The van der Waals surface area contributed by atoms with Crippen LogP contribution in [-0.4, -0.2) is 17.6 Å². The zero-order valence-corrected chi connectivity index (χ0v) is 13.5. The molecule has 0 aliphatic carbocycles. The summed E-state index contributed by atoms with van der Waals surface area (Å²) in [6.45, 7) is 10.2. The Labute approximate surface area is 120 Å². The largest absolute Gasteiger partial charge is 0.313 e. The number of rotatable bonds is 7. The van der Waals surface area contributed by atoms with Gasteiger partial charge in [-0.2, -0.15) is 0 Å². The first-order valence-electron chi connectivity index (χ1n) is 6.82. The maximum atomic E-state index is 4.25. The Morgan fingerprint density at radius 2 is 2.06 bits per heavy atom. The maximum absolute atomic E-state index is 4.25. The molecule has 0 fully saturated rings. The molecule has 1 unspecified atom stereocenters. The van der Waals surface area contributed by atoms with Crippen LogP contribution < -0.4 is 5.32 Å². The molecule has 1 aromatic rings. The molecule has 0 radical (unpaired) electrons. The Balaban J connectivity index is 2.78. The fourth-order valence-electron chi connectivity index (χ4n) is 1.99. The molecule has 1 atom stereocenters. The number of hydrogen-bond acceptors (Lipinski definition) is 2. The number of hydrogen-bond donors (Lipinski definition) is 1. The number of pyridine rings is 1. The van der Waals surface area contributed by atoms with E-state index >= 15 is 0 Å². The van der Waals surface area contributed by atoms with Gasteiger partial charge >= 0.3 is 0 Å². The number of nitrogens with one attached hydrogen (secondary N) is 1. The van der Waals surface area contributed by atoms with Crippen LogP contribution in [0.2, 0.25) is 0 Å². The van der Waals surface area contributed by atoms with Gasteiger partial charge in [0.2, 0.25) is 0 Å². The summed E-state index contributed by atoms with van der Waals surface area (Å²) in [7, 11) is 0. The highest BCUT2D eigenvalue weighted by Crippen LogP contribution is 2.27. The first-order chi connectivity index (χ1) is 8.49. The minimum absolute atomic E-state index is 0.303. The second-order valence-electron chi connectivity index (χ2n) is 5.56. The highest BCUT2D eigenvalue weighted by molar-refractivity contribution is 9.10. The minimum Gasteiger partial charge on any atom is -0.313 e. The molecule has 1 N–H and O–H groups in total. The lowest BCUT2D eigenvalue weighted by molar-refractivity contribution is 0.230. The highest BCUT2D eigenvalue weighted by Gasteiger charge is 2.27. The summed E-state index contributed by atoms with van der Waals surface area (Å²) in [5.41, 5.74) is 1.59. The standard InChI is InChI=1S/C15H25BrN2/c1-5-7-18-14(15(3,4)6-2)9-12-8-13(16)11-17-10-12/h8,10-11,14,18H,5-7,9H2,1-4H3. The van der Waals surface area contributed by atoms with Crippen LogP contribution in [0.4, 0.5) is 0 Å². The molecule has 0 aliphatic rings. The molecule has 18 heavy (non-hydrogen) atoms. The molecule has 1 rings (SSSR count). The van der Waals surface area contributed by atoms with Crippen molar-refractivity contribution in [3.63, 3.8) is 0 Å². The van der Waals surface area contributed by atoms with E-state index in [1.807, 2.05) is 12.4 Å². The van der Waals surface area contributed by atoms with Crippen LogP contribution >= 0.6 is 15.9 Å². The molecule has 2 nitrogen and oxygen atoms in total. The molecule has 3 heteroatoms. The number of nitrogens with zero attached hydrogens (tertiary/aromatic N) is 1. The first-order valence-corrected chi connectivity index (χ1v) is 7.61. The van der Waals surface area contributed by atoms with Crippen LogP contribution in [0.1, 0.15) is 46.1 Å². The molecule has 1 heterocycles. The zero-order chi connectivity index (χ0) is 13.6. The van der Waals surface area contributed by atoms with E-state index in [1.165, 1.54) is 18.4 Å². The molecule has 0 amide bonds. The second-order valence-corrected chi connectivity index (χ2v) is 6.48. The Bertz CT molecular complexity index is 363. The normalized spacial score (nSPS) is 13.6. The fourth-order valence-corrected chi connectivity index (χ4v) is 2.41. The summed E-state index contributed by atoms with van der Waals surface area (Å²) in [6.07, 6.45) is 7.19. The van der Waals surface area contributed by atoms with Crippen LogP contribution in [0.15, 0.2) is 22.9 Å². The lowest BCUT2D eigenvalue weighted by Gasteiger charge is -2.34. The molecule has 1 aromatic heterocycles. The summed E-state index contributed by atoms with van der Waals surface area (Å²) in [5.74, 6) is 0. The number of halogens is 1. The van der Waals surface area contributed by atoms with E-state index in [0.29, 0.717) is 11.5 Å². The van der Waals surface area contributed by atoms with Crippen molar-refractivity contribution in [2.24, 2.45) is 5.41 Å². The van der Waals surface area contributed by atoms with Gasteiger partial charge in [-0.25, -0.2) is 0 Å². The van der Waals surface area contributed by atoms with Gasteiger partial charge in [-0.15, -0.1) is 0 Å². The van der Waals surface area contributed by atoms with Crippen molar-refractivity contribution in [1.29, 1.82) is 0 Å². The fraction of sp³-hybridized carbons (Fsp3) is 0.667. The van der Waals surface area contributed by atoms with Gasteiger partial charge < -0.3 is 5.32 Å². The van der Waals surface area contributed by atoms with Gasteiger partial charge in [-0.05, 0) is 58.8 Å². The topological polar surface area (TPSA) is 24.9 Å². The van der Waals surface area contributed by atoms with Crippen LogP contribution in [0, 0.1) is 5.41 Å². The minimum atomic E-state index is 0.303. The van der Waals surface area contributed by atoms with E-state index in [4.69, 9.17) is 0 Å². The van der Waals surface area contributed by atoms with Crippen molar-refractivity contribution in [2.75, 3.05) is 6.54 Å². The van der Waals surface area contributed by atoms with Crippen molar-refractivity contribution in [3.8, 4) is 0 Å². The number of aromatic nitrogens is 1. The van der Waals surface area contributed by atoms with Gasteiger partial charge in [-0.3, -0.25) is 4.98 Å². The zero-order valence-electron chi connectivity index (χ0n) is 12.0.